The van der Waals surface area contributed by atoms with Crippen molar-refractivity contribution in [2.45, 2.75) is 45.3 Å². The lowest BCUT2D eigenvalue weighted by atomic mass is 10.0. The third-order valence-electron chi connectivity index (χ3n) is 5.91. The zero-order valence-corrected chi connectivity index (χ0v) is 21.6. The molecule has 1 aromatic heterocycles. The average Bonchev–Trinajstić information content (AvgIpc) is 2.86. The van der Waals surface area contributed by atoms with Crippen LogP contribution in [0.2, 0.25) is 5.02 Å². The number of halogens is 4. The molecule has 0 saturated heterocycles. The maximum atomic E-state index is 12.9. The number of benzene rings is 2. The standard InChI is InChI=1S/C28H28ClF3N2O4/c1-17(2)24(34-21-10-6-18(7-11-21)25(35)4-3-5-27(36)37)16-38-26-13-8-19(15-33-26)22-12-9-20(14-23(22)29)28(30,31)32/h6-15,17,24,34H,3-5,16H2,1-2H3,(H,36,37)/t24-/m1/s1. The first kappa shape index (κ1) is 29.0. The fourth-order valence-electron chi connectivity index (χ4n) is 3.64. The molecule has 0 saturated carbocycles. The average molecular weight is 549 g/mol. The summed E-state index contributed by atoms with van der Waals surface area (Å²) < 4.78 is 44.5. The number of rotatable bonds is 12. The molecule has 2 N–H and O–H groups in total. The van der Waals surface area contributed by atoms with Gasteiger partial charge in [0.25, 0.3) is 0 Å². The molecule has 6 nitrogen and oxygen atoms in total. The lowest BCUT2D eigenvalue weighted by molar-refractivity contribution is -0.138. The zero-order valence-electron chi connectivity index (χ0n) is 20.9. The van der Waals surface area contributed by atoms with E-state index in [2.05, 4.69) is 10.3 Å². The van der Waals surface area contributed by atoms with Crippen LogP contribution >= 0.6 is 11.6 Å². The first-order valence-electron chi connectivity index (χ1n) is 12.0. The summed E-state index contributed by atoms with van der Waals surface area (Å²) >= 11 is 6.08. The Morgan fingerprint density at radius 1 is 1.05 bits per heavy atom. The fourth-order valence-corrected chi connectivity index (χ4v) is 3.93. The van der Waals surface area contributed by atoms with E-state index in [0.29, 0.717) is 35.6 Å². The van der Waals surface area contributed by atoms with Crippen LogP contribution in [0.1, 0.15) is 49.0 Å². The molecule has 0 unspecified atom stereocenters. The van der Waals surface area contributed by atoms with Crippen LogP contribution in [0.15, 0.2) is 60.8 Å². The monoisotopic (exact) mass is 548 g/mol. The Bertz CT molecular complexity index is 1250. The number of carboxylic acid groups (broad SMARTS) is 1. The minimum absolute atomic E-state index is 0.0210. The molecule has 0 bridgehead atoms. The Labute approximate surface area is 223 Å². The van der Waals surface area contributed by atoms with E-state index in [1.165, 1.54) is 12.3 Å². The van der Waals surface area contributed by atoms with Gasteiger partial charge in [-0.05, 0) is 54.8 Å². The van der Waals surface area contributed by atoms with Gasteiger partial charge in [-0.3, -0.25) is 9.59 Å². The smallest absolute Gasteiger partial charge is 0.416 e. The number of hydrogen-bond acceptors (Lipinski definition) is 5. The van der Waals surface area contributed by atoms with Gasteiger partial charge in [0.2, 0.25) is 5.88 Å². The van der Waals surface area contributed by atoms with Crippen LogP contribution in [0.5, 0.6) is 5.88 Å². The molecule has 10 heteroatoms. The van der Waals surface area contributed by atoms with Gasteiger partial charge in [0.1, 0.15) is 6.61 Å². The number of carbonyl (C=O) groups excluding carboxylic acids is 1. The number of aromatic nitrogens is 1. The number of Topliss-reactive ketones (excluding diaryl/α,β-unsaturated/α-hetero) is 1. The predicted molar refractivity (Wildman–Crippen MR) is 140 cm³/mol. The van der Waals surface area contributed by atoms with Crippen molar-refractivity contribution in [3.05, 3.63) is 76.9 Å². The molecule has 2 aromatic carbocycles. The molecule has 0 aliphatic rings. The maximum absolute atomic E-state index is 12.9. The SMILES string of the molecule is CC(C)[C@@H](COc1ccc(-c2ccc(C(F)(F)F)cc2Cl)cn1)Nc1ccc(C(=O)CCCC(=O)O)cc1. The summed E-state index contributed by atoms with van der Waals surface area (Å²) in [5.41, 5.74) is 1.50. The molecule has 0 amide bonds. The third-order valence-corrected chi connectivity index (χ3v) is 6.23. The molecular formula is C28H28ClF3N2O4. The van der Waals surface area contributed by atoms with Gasteiger partial charge in [-0.2, -0.15) is 13.2 Å². The van der Waals surface area contributed by atoms with Gasteiger partial charge < -0.3 is 15.2 Å². The number of nitrogens with one attached hydrogen (secondary N) is 1. The van der Waals surface area contributed by atoms with E-state index in [1.54, 1.807) is 36.4 Å². The number of hydrogen-bond donors (Lipinski definition) is 2. The maximum Gasteiger partial charge on any atom is 0.416 e. The van der Waals surface area contributed by atoms with Gasteiger partial charge in [0.15, 0.2) is 5.78 Å². The van der Waals surface area contributed by atoms with E-state index in [0.717, 1.165) is 17.8 Å². The first-order valence-corrected chi connectivity index (χ1v) is 12.4. The van der Waals surface area contributed by atoms with E-state index in [1.807, 2.05) is 13.8 Å². The zero-order chi connectivity index (χ0) is 27.9. The van der Waals surface area contributed by atoms with Gasteiger partial charge in [-0.25, -0.2) is 4.98 Å². The van der Waals surface area contributed by atoms with Gasteiger partial charge in [0.05, 0.1) is 11.6 Å². The van der Waals surface area contributed by atoms with Crippen molar-refractivity contribution >= 4 is 29.0 Å². The fraction of sp³-hybridized carbons (Fsp3) is 0.321. The lowest BCUT2D eigenvalue weighted by Gasteiger charge is -2.23. The number of nitrogens with zero attached hydrogens (tertiary/aromatic N) is 1. The van der Waals surface area contributed by atoms with Crippen molar-refractivity contribution in [2.75, 3.05) is 11.9 Å². The second kappa shape index (κ2) is 12.8. The van der Waals surface area contributed by atoms with Crippen molar-refractivity contribution in [2.24, 2.45) is 5.92 Å². The minimum Gasteiger partial charge on any atom is -0.481 e. The summed E-state index contributed by atoms with van der Waals surface area (Å²) in [7, 11) is 0. The lowest BCUT2D eigenvalue weighted by Crippen LogP contribution is -2.32. The normalized spacial score (nSPS) is 12.3. The first-order chi connectivity index (χ1) is 17.9. The number of aliphatic carboxylic acids is 1. The van der Waals surface area contributed by atoms with Crippen molar-refractivity contribution in [1.82, 2.24) is 4.98 Å². The molecule has 3 rings (SSSR count). The molecule has 1 atom stereocenters. The summed E-state index contributed by atoms with van der Waals surface area (Å²) in [5.74, 6) is -0.480. The Balaban J connectivity index is 1.58. The van der Waals surface area contributed by atoms with E-state index < -0.39 is 17.7 Å². The van der Waals surface area contributed by atoms with Crippen molar-refractivity contribution in [3.8, 4) is 17.0 Å². The topological polar surface area (TPSA) is 88.5 Å². The number of carbonyl (C=O) groups is 2. The van der Waals surface area contributed by atoms with Crippen LogP contribution in [0, 0.1) is 5.92 Å². The number of pyridine rings is 1. The Morgan fingerprint density at radius 2 is 1.76 bits per heavy atom. The number of carboxylic acids is 1. The highest BCUT2D eigenvalue weighted by molar-refractivity contribution is 6.33. The second-order valence-electron chi connectivity index (χ2n) is 9.13. The summed E-state index contributed by atoms with van der Waals surface area (Å²) in [6.45, 7) is 4.36. The highest BCUT2D eigenvalue weighted by Crippen LogP contribution is 2.35. The predicted octanol–water partition coefficient (Wildman–Crippen LogP) is 7.37. The minimum atomic E-state index is -4.47. The van der Waals surface area contributed by atoms with Crippen LogP contribution in [0.3, 0.4) is 0 Å². The number of ketones is 1. The third kappa shape index (κ3) is 8.21. The van der Waals surface area contributed by atoms with Crippen LogP contribution < -0.4 is 10.1 Å². The van der Waals surface area contributed by atoms with E-state index in [4.69, 9.17) is 21.4 Å². The van der Waals surface area contributed by atoms with E-state index in [9.17, 15) is 22.8 Å². The molecule has 202 valence electrons. The van der Waals surface area contributed by atoms with Crippen molar-refractivity contribution in [1.29, 1.82) is 0 Å². The van der Waals surface area contributed by atoms with Crippen LogP contribution in [-0.4, -0.2) is 34.5 Å². The quantitative estimate of drug-likeness (QED) is 0.230. The number of alkyl halides is 3. The van der Waals surface area contributed by atoms with E-state index >= 15 is 0 Å². The van der Waals surface area contributed by atoms with Gasteiger partial charge in [-0.15, -0.1) is 0 Å². The molecular weight excluding hydrogens is 521 g/mol. The largest absolute Gasteiger partial charge is 0.481 e. The molecule has 0 radical (unpaired) electrons. The molecule has 0 aliphatic carbocycles. The number of ether oxygens (including phenoxy) is 1. The summed E-state index contributed by atoms with van der Waals surface area (Å²) in [4.78, 5) is 27.1. The Morgan fingerprint density at radius 3 is 2.32 bits per heavy atom. The number of anilines is 1. The molecule has 0 spiro atoms. The van der Waals surface area contributed by atoms with Gasteiger partial charge >= 0.3 is 12.1 Å². The van der Waals surface area contributed by atoms with Crippen LogP contribution in [0.25, 0.3) is 11.1 Å². The highest BCUT2D eigenvalue weighted by Gasteiger charge is 2.31. The molecule has 0 aliphatic heterocycles. The molecule has 1 heterocycles. The van der Waals surface area contributed by atoms with E-state index in [-0.39, 0.29) is 35.6 Å². The summed E-state index contributed by atoms with van der Waals surface area (Å²) in [6.07, 6.45) is -2.54. The second-order valence-corrected chi connectivity index (χ2v) is 9.54. The van der Waals surface area contributed by atoms with Gasteiger partial charge in [0, 0.05) is 52.5 Å². The van der Waals surface area contributed by atoms with Gasteiger partial charge in [-0.1, -0.05) is 31.5 Å². The Hall–Kier alpha value is -3.59. The van der Waals surface area contributed by atoms with Crippen molar-refractivity contribution < 1.29 is 32.6 Å². The summed E-state index contributed by atoms with van der Waals surface area (Å²) in [6, 6.07) is 13.4. The van der Waals surface area contributed by atoms with Crippen LogP contribution in [0.4, 0.5) is 18.9 Å². The highest BCUT2D eigenvalue weighted by atomic mass is 35.5. The molecule has 38 heavy (non-hydrogen) atoms. The molecule has 3 aromatic rings. The molecule has 0 fully saturated rings. The Kier molecular flexibility index (Phi) is 9.74. The van der Waals surface area contributed by atoms with Crippen molar-refractivity contribution in [3.63, 3.8) is 0 Å². The van der Waals surface area contributed by atoms with Crippen LogP contribution in [-0.2, 0) is 11.0 Å². The summed E-state index contributed by atoms with van der Waals surface area (Å²) in [5, 5.41) is 12.1.